The molecule has 1 fully saturated rings. The third-order valence-electron chi connectivity index (χ3n) is 7.52. The summed E-state index contributed by atoms with van der Waals surface area (Å²) in [5, 5.41) is 3.91. The molecule has 2 aliphatic heterocycles. The number of halogens is 1. The van der Waals surface area contributed by atoms with Gasteiger partial charge in [0.15, 0.2) is 0 Å². The number of benzene rings is 1. The molecule has 10 nitrogen and oxygen atoms in total. The Kier molecular flexibility index (Phi) is 7.22. The van der Waals surface area contributed by atoms with Gasteiger partial charge in [-0.25, -0.2) is 17.8 Å². The molecular weight excluding hydrogens is 535 g/mol. The molecule has 3 aromatic rings. The summed E-state index contributed by atoms with van der Waals surface area (Å²) in [5.41, 5.74) is 1.99. The molecule has 0 unspecified atom stereocenters. The Balaban J connectivity index is 1.59. The predicted molar refractivity (Wildman–Crippen MR) is 154 cm³/mol. The van der Waals surface area contributed by atoms with Crippen LogP contribution in [0.4, 0.5) is 15.8 Å². The van der Waals surface area contributed by atoms with Gasteiger partial charge in [0.05, 0.1) is 23.7 Å². The minimum atomic E-state index is -3.67. The molecule has 214 valence electrons. The lowest BCUT2D eigenvalue weighted by molar-refractivity contribution is -0.130. The third-order valence-corrected chi connectivity index (χ3v) is 8.11. The number of fused-ring (bicyclic) bond motifs is 4. The zero-order valence-electron chi connectivity index (χ0n) is 23.6. The van der Waals surface area contributed by atoms with Crippen molar-refractivity contribution in [3.05, 3.63) is 42.0 Å². The Morgan fingerprint density at radius 1 is 1.12 bits per heavy atom. The van der Waals surface area contributed by atoms with Crippen LogP contribution in [0.5, 0.6) is 5.88 Å². The maximum Gasteiger partial charge on any atom is 0.240 e. The van der Waals surface area contributed by atoms with Crippen LogP contribution < -0.4 is 19.7 Å². The second kappa shape index (κ2) is 10.2. The van der Waals surface area contributed by atoms with E-state index in [4.69, 9.17) is 4.74 Å². The summed E-state index contributed by atoms with van der Waals surface area (Å²) in [4.78, 5) is 26.1. The van der Waals surface area contributed by atoms with Crippen molar-refractivity contribution in [3.63, 3.8) is 0 Å². The lowest BCUT2D eigenvalue weighted by Crippen LogP contribution is -2.65. The van der Waals surface area contributed by atoms with E-state index in [0.717, 1.165) is 17.5 Å². The van der Waals surface area contributed by atoms with Gasteiger partial charge in [-0.15, -0.1) is 0 Å². The molecule has 0 saturated carbocycles. The molecule has 1 amide bonds. The number of ether oxygens (including phenoxy) is 1. The molecule has 4 heterocycles. The van der Waals surface area contributed by atoms with E-state index in [-0.39, 0.29) is 35.7 Å². The lowest BCUT2D eigenvalue weighted by Gasteiger charge is -2.49. The third kappa shape index (κ3) is 4.99. The summed E-state index contributed by atoms with van der Waals surface area (Å²) in [6.45, 7) is 10.2. The molecule has 1 spiro atoms. The number of nitrogens with one attached hydrogen (secondary N) is 2. The van der Waals surface area contributed by atoms with Gasteiger partial charge in [0.1, 0.15) is 23.5 Å². The normalized spacial score (nSPS) is 16.7. The Morgan fingerprint density at radius 3 is 2.50 bits per heavy atom. The fourth-order valence-electron chi connectivity index (χ4n) is 5.51. The number of hydrogen-bond donors (Lipinski definition) is 2. The molecule has 2 aromatic heterocycles. The molecule has 12 heteroatoms. The van der Waals surface area contributed by atoms with Crippen LogP contribution in [0.1, 0.15) is 33.3 Å². The molecule has 0 radical (unpaired) electrons. The van der Waals surface area contributed by atoms with Gasteiger partial charge in [-0.3, -0.25) is 19.4 Å². The molecule has 0 bridgehead atoms. The maximum absolute atomic E-state index is 15.5. The second-order valence-electron chi connectivity index (χ2n) is 11.2. The monoisotopic (exact) mass is 570 g/mol. The van der Waals surface area contributed by atoms with Crippen LogP contribution in [-0.2, 0) is 20.2 Å². The maximum atomic E-state index is 15.5. The average molecular weight is 571 g/mol. The number of likely N-dealkylation sites (tertiary alicyclic amines) is 1. The fraction of sp³-hybridized carbons (Fsp3) is 0.464. The SMILES string of the molecule is CC(C)NCCOc1ncc(-c2cc3c4c(cnc3cc2F)N(C)C(=O)C42CN(C(C)C)C2)cc1NS(C)(=O)=O. The fourth-order valence-corrected chi connectivity index (χ4v) is 6.05. The number of nitrogens with zero attached hydrogens (tertiary/aromatic N) is 4. The van der Waals surface area contributed by atoms with Crippen molar-refractivity contribution in [2.75, 3.05) is 49.2 Å². The molecule has 1 saturated heterocycles. The first-order valence-electron chi connectivity index (χ1n) is 13.3. The molecule has 0 aliphatic carbocycles. The average Bonchev–Trinajstić information content (AvgIpc) is 3.07. The van der Waals surface area contributed by atoms with E-state index in [9.17, 15) is 13.2 Å². The smallest absolute Gasteiger partial charge is 0.240 e. The lowest BCUT2D eigenvalue weighted by atomic mass is 9.72. The number of carbonyl (C=O) groups is 1. The van der Waals surface area contributed by atoms with E-state index in [2.05, 4.69) is 38.8 Å². The van der Waals surface area contributed by atoms with Crippen molar-refractivity contribution in [3.8, 4) is 17.0 Å². The highest BCUT2D eigenvalue weighted by atomic mass is 32.2. The highest BCUT2D eigenvalue weighted by molar-refractivity contribution is 7.92. The quantitative estimate of drug-likeness (QED) is 0.377. The highest BCUT2D eigenvalue weighted by Gasteiger charge is 2.58. The molecule has 40 heavy (non-hydrogen) atoms. The van der Waals surface area contributed by atoms with Crippen molar-refractivity contribution in [1.82, 2.24) is 20.2 Å². The summed E-state index contributed by atoms with van der Waals surface area (Å²) >= 11 is 0. The number of sulfonamides is 1. The zero-order valence-corrected chi connectivity index (χ0v) is 24.4. The van der Waals surface area contributed by atoms with Crippen LogP contribution in [0.15, 0.2) is 30.6 Å². The van der Waals surface area contributed by atoms with Crippen LogP contribution in [0.2, 0.25) is 0 Å². The Bertz CT molecular complexity index is 1590. The first kappa shape index (κ1) is 28.2. The van der Waals surface area contributed by atoms with E-state index in [1.165, 1.54) is 18.3 Å². The number of hydrogen-bond acceptors (Lipinski definition) is 8. The number of anilines is 2. The summed E-state index contributed by atoms with van der Waals surface area (Å²) in [5.74, 6) is -0.432. The van der Waals surface area contributed by atoms with Gasteiger partial charge >= 0.3 is 0 Å². The van der Waals surface area contributed by atoms with E-state index < -0.39 is 21.3 Å². The second-order valence-corrected chi connectivity index (χ2v) is 13.0. The molecule has 0 atom stereocenters. The number of likely N-dealkylation sites (N-methyl/N-ethyl adjacent to an activating group) is 1. The standard InChI is InChI=1S/C28H35FN6O4S/c1-16(2)30-7-8-39-26-23(33-40(6,37)38)9-18(12-32-26)19-10-20-22(11-21(19)29)31-13-24-25(20)28(27(36)34(24)5)14-35(15-28)17(3)4/h9-13,16-17,30,33H,7-8,14-15H2,1-6H3. The predicted octanol–water partition coefficient (Wildman–Crippen LogP) is 3.12. The van der Waals surface area contributed by atoms with E-state index in [0.29, 0.717) is 42.1 Å². The Hall–Kier alpha value is -3.35. The van der Waals surface area contributed by atoms with Gasteiger partial charge in [0, 0.05) is 73.1 Å². The van der Waals surface area contributed by atoms with Gasteiger partial charge in [-0.2, -0.15) is 0 Å². The number of pyridine rings is 2. The molecule has 2 aliphatic rings. The molecule has 5 rings (SSSR count). The number of amides is 1. The largest absolute Gasteiger partial charge is 0.475 e. The van der Waals surface area contributed by atoms with Crippen molar-refractivity contribution in [1.29, 1.82) is 0 Å². The minimum absolute atomic E-state index is 0.00865. The van der Waals surface area contributed by atoms with Gasteiger partial charge in [-0.05, 0) is 26.0 Å². The Labute approximate surface area is 234 Å². The first-order chi connectivity index (χ1) is 18.8. The first-order valence-corrected chi connectivity index (χ1v) is 15.2. The molecular formula is C28H35FN6O4S. The summed E-state index contributed by atoms with van der Waals surface area (Å²) < 4.78 is 47.9. The number of rotatable bonds is 9. The van der Waals surface area contributed by atoms with Crippen LogP contribution >= 0.6 is 0 Å². The highest BCUT2D eigenvalue weighted by Crippen LogP contribution is 2.50. The number of aromatic nitrogens is 2. The van der Waals surface area contributed by atoms with Crippen LogP contribution in [0, 0.1) is 5.82 Å². The van der Waals surface area contributed by atoms with E-state index in [1.807, 2.05) is 13.8 Å². The minimum Gasteiger partial charge on any atom is -0.475 e. The van der Waals surface area contributed by atoms with Gasteiger partial charge < -0.3 is 15.0 Å². The van der Waals surface area contributed by atoms with Crippen LogP contribution in [0.3, 0.4) is 0 Å². The van der Waals surface area contributed by atoms with Gasteiger partial charge in [0.25, 0.3) is 0 Å². The Morgan fingerprint density at radius 2 is 1.85 bits per heavy atom. The molecule has 1 aromatic carbocycles. The van der Waals surface area contributed by atoms with Crippen molar-refractivity contribution >= 4 is 38.2 Å². The van der Waals surface area contributed by atoms with Gasteiger partial charge in [-0.1, -0.05) is 13.8 Å². The van der Waals surface area contributed by atoms with Crippen LogP contribution in [-0.4, -0.2) is 80.8 Å². The summed E-state index contributed by atoms with van der Waals surface area (Å²) in [6, 6.07) is 5.12. The van der Waals surface area contributed by atoms with E-state index in [1.54, 1.807) is 24.2 Å². The van der Waals surface area contributed by atoms with E-state index >= 15 is 4.39 Å². The number of carbonyl (C=O) groups excluding carboxylic acids is 1. The zero-order chi connectivity index (χ0) is 29.0. The van der Waals surface area contributed by atoms with Crippen molar-refractivity contribution in [2.24, 2.45) is 0 Å². The van der Waals surface area contributed by atoms with Crippen LogP contribution in [0.25, 0.3) is 22.0 Å². The van der Waals surface area contributed by atoms with Crippen molar-refractivity contribution < 1.29 is 22.3 Å². The summed E-state index contributed by atoms with van der Waals surface area (Å²) in [6.07, 6.45) is 4.12. The van der Waals surface area contributed by atoms with Gasteiger partial charge in [0.2, 0.25) is 21.8 Å². The topological polar surface area (TPSA) is 117 Å². The molecule has 2 N–H and O–H groups in total. The summed E-state index contributed by atoms with van der Waals surface area (Å²) in [7, 11) is -1.92. The van der Waals surface area contributed by atoms with Crippen molar-refractivity contribution in [2.45, 2.75) is 45.2 Å².